The number of hydrogen-bond donors (Lipinski definition) is 0. The van der Waals surface area contributed by atoms with Crippen LogP contribution in [0, 0.1) is 19.7 Å². The molecule has 4 rings (SSSR count). The molecule has 150 valence electrons. The van der Waals surface area contributed by atoms with Crippen molar-refractivity contribution >= 4 is 11.6 Å². The summed E-state index contributed by atoms with van der Waals surface area (Å²) in [6.07, 6.45) is 2.16. The van der Waals surface area contributed by atoms with Crippen LogP contribution in [0.4, 0.5) is 10.1 Å². The Bertz CT molecular complexity index is 825. The molecule has 0 saturated carbocycles. The standard InChI is InChI=1S/C22H28FN3O2/c1-16-14-21(17(2)28-16)22(27)26-9-3-4-20(15-26)25-12-10-24(11-13-25)19-7-5-18(23)6-8-19/h5-8,14,20H,3-4,9-13,15H2,1-2H3/t20-/m1/s1. The number of hydrogen-bond acceptors (Lipinski definition) is 4. The van der Waals surface area contributed by atoms with Crippen molar-refractivity contribution in [2.45, 2.75) is 32.7 Å². The first-order valence-electron chi connectivity index (χ1n) is 10.1. The van der Waals surface area contributed by atoms with Gasteiger partial charge in [0, 0.05) is 51.0 Å². The van der Waals surface area contributed by atoms with E-state index in [0.717, 1.165) is 63.6 Å². The second-order valence-electron chi connectivity index (χ2n) is 7.87. The van der Waals surface area contributed by atoms with E-state index in [1.165, 1.54) is 12.1 Å². The fourth-order valence-corrected chi connectivity index (χ4v) is 4.45. The summed E-state index contributed by atoms with van der Waals surface area (Å²) in [4.78, 5) is 19.7. The number of anilines is 1. The average molecular weight is 385 g/mol. The third-order valence-corrected chi connectivity index (χ3v) is 5.98. The van der Waals surface area contributed by atoms with Crippen LogP contribution in [0.1, 0.15) is 34.7 Å². The van der Waals surface area contributed by atoms with Crippen LogP contribution in [0.2, 0.25) is 0 Å². The summed E-state index contributed by atoms with van der Waals surface area (Å²) < 4.78 is 18.7. The fourth-order valence-electron chi connectivity index (χ4n) is 4.45. The largest absolute Gasteiger partial charge is 0.466 e. The maximum atomic E-state index is 13.1. The first-order chi connectivity index (χ1) is 13.5. The zero-order chi connectivity index (χ0) is 19.7. The molecule has 2 saturated heterocycles. The van der Waals surface area contributed by atoms with E-state index < -0.39 is 0 Å². The molecule has 28 heavy (non-hydrogen) atoms. The van der Waals surface area contributed by atoms with Crippen LogP contribution >= 0.6 is 0 Å². The van der Waals surface area contributed by atoms with Gasteiger partial charge in [-0.2, -0.15) is 0 Å². The Labute approximate surface area is 165 Å². The Morgan fingerprint density at radius 1 is 1.07 bits per heavy atom. The number of amides is 1. The molecule has 6 heteroatoms. The average Bonchev–Trinajstić information content (AvgIpc) is 3.06. The Morgan fingerprint density at radius 2 is 1.79 bits per heavy atom. The van der Waals surface area contributed by atoms with E-state index in [9.17, 15) is 9.18 Å². The predicted octanol–water partition coefficient (Wildman–Crippen LogP) is 3.46. The number of piperidine rings is 1. The minimum absolute atomic E-state index is 0.0870. The maximum Gasteiger partial charge on any atom is 0.257 e. The number of rotatable bonds is 3. The van der Waals surface area contributed by atoms with Gasteiger partial charge in [-0.15, -0.1) is 0 Å². The van der Waals surface area contributed by atoms with Gasteiger partial charge in [-0.3, -0.25) is 9.69 Å². The zero-order valence-electron chi connectivity index (χ0n) is 16.7. The molecule has 1 atom stereocenters. The fraction of sp³-hybridized carbons (Fsp3) is 0.500. The number of piperazine rings is 1. The molecule has 0 spiro atoms. The van der Waals surface area contributed by atoms with E-state index in [2.05, 4.69) is 9.80 Å². The molecule has 3 heterocycles. The van der Waals surface area contributed by atoms with Gasteiger partial charge in [0.15, 0.2) is 0 Å². The molecule has 1 aromatic carbocycles. The number of benzene rings is 1. The second kappa shape index (κ2) is 7.95. The zero-order valence-corrected chi connectivity index (χ0v) is 16.7. The van der Waals surface area contributed by atoms with Crippen LogP contribution in [0.3, 0.4) is 0 Å². The van der Waals surface area contributed by atoms with E-state index in [4.69, 9.17) is 4.42 Å². The highest BCUT2D eigenvalue weighted by atomic mass is 19.1. The lowest BCUT2D eigenvalue weighted by molar-refractivity contribution is 0.0562. The summed E-state index contributed by atoms with van der Waals surface area (Å²) in [5.74, 6) is 1.38. The summed E-state index contributed by atoms with van der Waals surface area (Å²) >= 11 is 0. The Morgan fingerprint density at radius 3 is 2.43 bits per heavy atom. The first-order valence-corrected chi connectivity index (χ1v) is 10.1. The van der Waals surface area contributed by atoms with Crippen molar-refractivity contribution < 1.29 is 13.6 Å². The molecule has 0 bridgehead atoms. The van der Waals surface area contributed by atoms with E-state index in [1.807, 2.05) is 36.9 Å². The van der Waals surface area contributed by atoms with Crippen molar-refractivity contribution in [3.63, 3.8) is 0 Å². The van der Waals surface area contributed by atoms with Crippen molar-refractivity contribution in [3.05, 3.63) is 53.2 Å². The van der Waals surface area contributed by atoms with Crippen molar-refractivity contribution in [3.8, 4) is 0 Å². The van der Waals surface area contributed by atoms with Crippen LogP contribution in [0.25, 0.3) is 0 Å². The highest BCUT2D eigenvalue weighted by molar-refractivity contribution is 5.95. The van der Waals surface area contributed by atoms with Crippen LogP contribution in [-0.4, -0.2) is 61.0 Å². The van der Waals surface area contributed by atoms with Gasteiger partial charge in [-0.25, -0.2) is 4.39 Å². The van der Waals surface area contributed by atoms with Gasteiger partial charge in [0.25, 0.3) is 5.91 Å². The van der Waals surface area contributed by atoms with Gasteiger partial charge in [0.1, 0.15) is 17.3 Å². The number of nitrogens with zero attached hydrogens (tertiary/aromatic N) is 3. The molecular formula is C22H28FN3O2. The minimum Gasteiger partial charge on any atom is -0.466 e. The lowest BCUT2D eigenvalue weighted by Gasteiger charge is -2.44. The number of carbonyl (C=O) groups is 1. The first kappa shape index (κ1) is 19.0. The van der Waals surface area contributed by atoms with Gasteiger partial charge in [-0.1, -0.05) is 0 Å². The minimum atomic E-state index is -0.197. The molecule has 0 N–H and O–H groups in total. The van der Waals surface area contributed by atoms with E-state index in [1.54, 1.807) is 0 Å². The van der Waals surface area contributed by atoms with Crippen LogP contribution in [0.5, 0.6) is 0 Å². The third-order valence-electron chi connectivity index (χ3n) is 5.98. The molecule has 5 nitrogen and oxygen atoms in total. The summed E-state index contributed by atoms with van der Waals surface area (Å²) in [5, 5.41) is 0. The Hall–Kier alpha value is -2.34. The SMILES string of the molecule is Cc1cc(C(=O)N2CCC[C@@H](N3CCN(c4ccc(F)cc4)CC3)C2)c(C)o1. The number of furan rings is 1. The molecule has 2 aliphatic heterocycles. The number of likely N-dealkylation sites (tertiary alicyclic amines) is 1. The third kappa shape index (κ3) is 3.92. The lowest BCUT2D eigenvalue weighted by Crippen LogP contribution is -2.55. The lowest BCUT2D eigenvalue weighted by atomic mass is 10.0. The number of halogens is 1. The molecule has 2 aromatic rings. The van der Waals surface area contributed by atoms with Crippen molar-refractivity contribution in [2.24, 2.45) is 0 Å². The molecule has 1 amide bonds. The Balaban J connectivity index is 1.36. The molecule has 2 fully saturated rings. The Kier molecular flexibility index (Phi) is 5.40. The predicted molar refractivity (Wildman–Crippen MR) is 107 cm³/mol. The summed E-state index contributed by atoms with van der Waals surface area (Å²) in [6, 6.07) is 8.99. The van der Waals surface area contributed by atoms with Crippen molar-refractivity contribution in [1.29, 1.82) is 0 Å². The van der Waals surface area contributed by atoms with Gasteiger partial charge < -0.3 is 14.2 Å². The number of aryl methyl sites for hydroxylation is 2. The summed E-state index contributed by atoms with van der Waals surface area (Å²) in [6.45, 7) is 9.11. The molecule has 0 radical (unpaired) electrons. The topological polar surface area (TPSA) is 39.9 Å². The van der Waals surface area contributed by atoms with Gasteiger partial charge in [-0.05, 0) is 57.0 Å². The summed E-state index contributed by atoms with van der Waals surface area (Å²) in [5.41, 5.74) is 1.77. The normalized spacial score (nSPS) is 21.2. The number of carbonyl (C=O) groups excluding carboxylic acids is 1. The van der Waals surface area contributed by atoms with Crippen LogP contribution in [0.15, 0.2) is 34.7 Å². The molecule has 2 aliphatic rings. The van der Waals surface area contributed by atoms with Crippen molar-refractivity contribution in [2.75, 3.05) is 44.2 Å². The van der Waals surface area contributed by atoms with Crippen LogP contribution in [-0.2, 0) is 0 Å². The molecule has 0 aliphatic carbocycles. The van der Waals surface area contributed by atoms with Crippen LogP contribution < -0.4 is 4.90 Å². The molecule has 1 aromatic heterocycles. The van der Waals surface area contributed by atoms with E-state index in [0.29, 0.717) is 17.4 Å². The summed E-state index contributed by atoms with van der Waals surface area (Å²) in [7, 11) is 0. The van der Waals surface area contributed by atoms with E-state index >= 15 is 0 Å². The monoisotopic (exact) mass is 385 g/mol. The molecule has 0 unspecified atom stereocenters. The molecular weight excluding hydrogens is 357 g/mol. The highest BCUT2D eigenvalue weighted by Crippen LogP contribution is 2.23. The van der Waals surface area contributed by atoms with Gasteiger partial charge in [0.05, 0.1) is 5.56 Å². The highest BCUT2D eigenvalue weighted by Gasteiger charge is 2.31. The smallest absolute Gasteiger partial charge is 0.257 e. The maximum absolute atomic E-state index is 13.1. The van der Waals surface area contributed by atoms with E-state index in [-0.39, 0.29) is 11.7 Å². The second-order valence-corrected chi connectivity index (χ2v) is 7.87. The van der Waals surface area contributed by atoms with Gasteiger partial charge >= 0.3 is 0 Å². The van der Waals surface area contributed by atoms with Gasteiger partial charge in [0.2, 0.25) is 0 Å². The quantitative estimate of drug-likeness (QED) is 0.811. The van der Waals surface area contributed by atoms with Crippen molar-refractivity contribution in [1.82, 2.24) is 9.80 Å².